The molecule has 0 aromatic carbocycles. The largest absolute Gasteiger partial charge is 0.311 e. The van der Waals surface area contributed by atoms with E-state index in [1.807, 2.05) is 0 Å². The standard InChI is InChI=1S/C17H34N2/c1-4-19-12-8-10-16(13-19)15(3)18-17-11-7-5-6-9-14(17)2/h14-18H,4-13H2,1-3H3. The number of rotatable bonds is 4. The first-order chi connectivity index (χ1) is 9.20. The van der Waals surface area contributed by atoms with Crippen molar-refractivity contribution >= 4 is 0 Å². The lowest BCUT2D eigenvalue weighted by Crippen LogP contribution is -2.48. The average Bonchev–Trinajstić information content (AvgIpc) is 2.64. The Morgan fingerprint density at radius 3 is 2.68 bits per heavy atom. The quantitative estimate of drug-likeness (QED) is 0.781. The van der Waals surface area contributed by atoms with Gasteiger partial charge in [0.25, 0.3) is 0 Å². The Hall–Kier alpha value is -0.0800. The molecule has 0 aromatic heterocycles. The predicted molar refractivity (Wildman–Crippen MR) is 83.5 cm³/mol. The zero-order valence-electron chi connectivity index (χ0n) is 13.3. The van der Waals surface area contributed by atoms with Gasteiger partial charge in [-0.3, -0.25) is 0 Å². The van der Waals surface area contributed by atoms with Crippen molar-refractivity contribution in [1.29, 1.82) is 0 Å². The maximum Gasteiger partial charge on any atom is 0.00952 e. The fraction of sp³-hybridized carbons (Fsp3) is 1.00. The van der Waals surface area contributed by atoms with Gasteiger partial charge in [-0.05, 0) is 57.5 Å². The molecule has 0 radical (unpaired) electrons. The van der Waals surface area contributed by atoms with Crippen LogP contribution in [0, 0.1) is 11.8 Å². The van der Waals surface area contributed by atoms with Gasteiger partial charge in [-0.1, -0.05) is 33.1 Å². The van der Waals surface area contributed by atoms with Crippen molar-refractivity contribution in [3.8, 4) is 0 Å². The molecule has 1 saturated carbocycles. The second-order valence-electron chi connectivity index (χ2n) is 6.97. The van der Waals surface area contributed by atoms with Gasteiger partial charge in [-0.15, -0.1) is 0 Å². The van der Waals surface area contributed by atoms with Crippen molar-refractivity contribution < 1.29 is 0 Å². The van der Waals surface area contributed by atoms with Gasteiger partial charge in [-0.2, -0.15) is 0 Å². The fourth-order valence-electron chi connectivity index (χ4n) is 4.00. The minimum atomic E-state index is 0.694. The third-order valence-electron chi connectivity index (χ3n) is 5.53. The zero-order valence-corrected chi connectivity index (χ0v) is 13.3. The van der Waals surface area contributed by atoms with E-state index in [2.05, 4.69) is 31.0 Å². The Balaban J connectivity index is 1.83. The molecule has 4 unspecified atom stereocenters. The molecule has 1 aliphatic carbocycles. The number of likely N-dealkylation sites (tertiary alicyclic amines) is 1. The molecule has 2 rings (SSSR count). The molecule has 1 aliphatic heterocycles. The molecule has 0 aromatic rings. The fourth-order valence-corrected chi connectivity index (χ4v) is 4.00. The van der Waals surface area contributed by atoms with E-state index >= 15 is 0 Å². The molecule has 19 heavy (non-hydrogen) atoms. The molecule has 0 bridgehead atoms. The SMILES string of the molecule is CCN1CCCC(C(C)NC2CCCCCC2C)C1. The van der Waals surface area contributed by atoms with Crippen LogP contribution in [0.4, 0.5) is 0 Å². The van der Waals surface area contributed by atoms with E-state index in [4.69, 9.17) is 0 Å². The first-order valence-corrected chi connectivity index (χ1v) is 8.69. The van der Waals surface area contributed by atoms with E-state index in [1.165, 1.54) is 64.6 Å². The summed E-state index contributed by atoms with van der Waals surface area (Å²) in [7, 11) is 0. The van der Waals surface area contributed by atoms with E-state index in [1.54, 1.807) is 0 Å². The molecule has 0 spiro atoms. The number of piperidine rings is 1. The molecule has 2 aliphatic rings. The Morgan fingerprint density at radius 1 is 1.11 bits per heavy atom. The lowest BCUT2D eigenvalue weighted by atomic mass is 9.89. The smallest absolute Gasteiger partial charge is 0.00952 e. The second kappa shape index (κ2) is 7.64. The Labute approximate surface area is 120 Å². The van der Waals surface area contributed by atoms with Crippen LogP contribution in [-0.4, -0.2) is 36.6 Å². The molecule has 2 heteroatoms. The van der Waals surface area contributed by atoms with Crippen molar-refractivity contribution in [2.45, 2.75) is 77.8 Å². The van der Waals surface area contributed by atoms with E-state index in [0.29, 0.717) is 6.04 Å². The molecule has 2 nitrogen and oxygen atoms in total. The molecule has 2 fully saturated rings. The average molecular weight is 266 g/mol. The number of nitrogens with one attached hydrogen (secondary N) is 1. The van der Waals surface area contributed by atoms with Crippen LogP contribution in [0.1, 0.15) is 65.7 Å². The maximum atomic E-state index is 4.00. The van der Waals surface area contributed by atoms with Gasteiger partial charge in [0.05, 0.1) is 0 Å². The lowest BCUT2D eigenvalue weighted by molar-refractivity contribution is 0.146. The number of hydrogen-bond donors (Lipinski definition) is 1. The van der Waals surface area contributed by atoms with Gasteiger partial charge in [-0.25, -0.2) is 0 Å². The van der Waals surface area contributed by atoms with E-state index < -0.39 is 0 Å². The van der Waals surface area contributed by atoms with E-state index in [9.17, 15) is 0 Å². The zero-order chi connectivity index (χ0) is 13.7. The lowest BCUT2D eigenvalue weighted by Gasteiger charge is -2.38. The Bertz CT molecular complexity index is 254. The van der Waals surface area contributed by atoms with Crippen LogP contribution in [0.2, 0.25) is 0 Å². The van der Waals surface area contributed by atoms with Gasteiger partial charge in [0.15, 0.2) is 0 Å². The summed E-state index contributed by atoms with van der Waals surface area (Å²) in [4.78, 5) is 2.63. The summed E-state index contributed by atoms with van der Waals surface area (Å²) >= 11 is 0. The van der Waals surface area contributed by atoms with Crippen LogP contribution in [0.15, 0.2) is 0 Å². The summed E-state index contributed by atoms with van der Waals surface area (Å²) in [6.45, 7) is 11.0. The highest BCUT2D eigenvalue weighted by Gasteiger charge is 2.27. The molecule has 1 heterocycles. The summed E-state index contributed by atoms with van der Waals surface area (Å²) in [5.41, 5.74) is 0. The van der Waals surface area contributed by atoms with Crippen molar-refractivity contribution in [3.63, 3.8) is 0 Å². The summed E-state index contributed by atoms with van der Waals surface area (Å²) in [5, 5.41) is 4.00. The molecular formula is C17H34N2. The van der Waals surface area contributed by atoms with Crippen LogP contribution >= 0.6 is 0 Å². The van der Waals surface area contributed by atoms with E-state index in [0.717, 1.165) is 17.9 Å². The predicted octanol–water partition coefficient (Wildman–Crippen LogP) is 3.67. The number of nitrogens with zero attached hydrogens (tertiary/aromatic N) is 1. The van der Waals surface area contributed by atoms with Crippen LogP contribution in [-0.2, 0) is 0 Å². The molecule has 4 atom stereocenters. The molecule has 1 N–H and O–H groups in total. The van der Waals surface area contributed by atoms with Gasteiger partial charge in [0, 0.05) is 18.6 Å². The van der Waals surface area contributed by atoms with Crippen LogP contribution in [0.5, 0.6) is 0 Å². The van der Waals surface area contributed by atoms with Crippen molar-refractivity contribution in [3.05, 3.63) is 0 Å². The Morgan fingerprint density at radius 2 is 1.89 bits per heavy atom. The summed E-state index contributed by atoms with van der Waals surface area (Å²) in [5.74, 6) is 1.74. The first-order valence-electron chi connectivity index (χ1n) is 8.69. The minimum Gasteiger partial charge on any atom is -0.311 e. The minimum absolute atomic E-state index is 0.694. The van der Waals surface area contributed by atoms with Crippen LogP contribution in [0.25, 0.3) is 0 Å². The van der Waals surface area contributed by atoms with Gasteiger partial charge in [0.1, 0.15) is 0 Å². The van der Waals surface area contributed by atoms with Gasteiger partial charge >= 0.3 is 0 Å². The summed E-state index contributed by atoms with van der Waals surface area (Å²) in [6, 6.07) is 1.47. The van der Waals surface area contributed by atoms with E-state index in [-0.39, 0.29) is 0 Å². The topological polar surface area (TPSA) is 15.3 Å². The maximum absolute atomic E-state index is 4.00. The summed E-state index contributed by atoms with van der Waals surface area (Å²) in [6.07, 6.45) is 9.97. The molecule has 0 amide bonds. The highest BCUT2D eigenvalue weighted by molar-refractivity contribution is 4.85. The van der Waals surface area contributed by atoms with Gasteiger partial charge < -0.3 is 10.2 Å². The highest BCUT2D eigenvalue weighted by atomic mass is 15.1. The molecule has 1 saturated heterocycles. The third-order valence-corrected chi connectivity index (χ3v) is 5.53. The van der Waals surface area contributed by atoms with Crippen LogP contribution < -0.4 is 5.32 Å². The molecular weight excluding hydrogens is 232 g/mol. The first kappa shape index (κ1) is 15.3. The van der Waals surface area contributed by atoms with Crippen molar-refractivity contribution in [2.24, 2.45) is 11.8 Å². The number of hydrogen-bond acceptors (Lipinski definition) is 2. The summed E-state index contributed by atoms with van der Waals surface area (Å²) < 4.78 is 0. The third kappa shape index (κ3) is 4.46. The van der Waals surface area contributed by atoms with Gasteiger partial charge in [0.2, 0.25) is 0 Å². The van der Waals surface area contributed by atoms with Crippen LogP contribution in [0.3, 0.4) is 0 Å². The van der Waals surface area contributed by atoms with Crippen molar-refractivity contribution in [1.82, 2.24) is 10.2 Å². The van der Waals surface area contributed by atoms with Crippen molar-refractivity contribution in [2.75, 3.05) is 19.6 Å². The Kier molecular flexibility index (Phi) is 6.15. The second-order valence-corrected chi connectivity index (χ2v) is 6.97. The molecule has 112 valence electrons. The normalized spacial score (nSPS) is 35.8. The monoisotopic (exact) mass is 266 g/mol. The highest BCUT2D eigenvalue weighted by Crippen LogP contribution is 2.25.